The van der Waals surface area contributed by atoms with Gasteiger partial charge in [0.1, 0.15) is 10.6 Å². The average molecular weight is 437 g/mol. The molecular weight excluding hydrogens is 422 g/mol. The number of carbonyl (C=O) groups is 1. The van der Waals surface area contributed by atoms with Crippen LogP contribution < -0.4 is 4.90 Å². The number of aryl methyl sites for hydroxylation is 1. The van der Waals surface area contributed by atoms with Gasteiger partial charge in [0.15, 0.2) is 0 Å². The van der Waals surface area contributed by atoms with Gasteiger partial charge in [0, 0.05) is 17.1 Å². The topological polar surface area (TPSA) is 33.2 Å². The Morgan fingerprint density at radius 1 is 1.15 bits per heavy atom. The number of amides is 1. The van der Waals surface area contributed by atoms with Crippen LogP contribution in [0.25, 0.3) is 11.1 Å². The van der Waals surface area contributed by atoms with Crippen LogP contribution in [0.15, 0.2) is 53.0 Å². The monoisotopic (exact) mass is 436 g/mol. The number of benzene rings is 2. The van der Waals surface area contributed by atoms with Crippen LogP contribution in [0.1, 0.15) is 26.8 Å². The highest BCUT2D eigenvalue weighted by atomic mass is 79.9. The Kier molecular flexibility index (Phi) is 5.48. The fraction of sp³-hybridized carbons (Fsp3) is 0.158. The van der Waals surface area contributed by atoms with Gasteiger partial charge in [-0.3, -0.25) is 4.79 Å². The Morgan fingerprint density at radius 3 is 2.46 bits per heavy atom. The largest absolute Gasteiger partial charge is 0.310 e. The summed E-state index contributed by atoms with van der Waals surface area (Å²) >= 11 is 4.39. The Labute approximate surface area is 162 Å². The quantitative estimate of drug-likeness (QED) is 0.495. The number of anilines is 1. The van der Waals surface area contributed by atoms with Crippen LogP contribution in [0, 0.1) is 6.92 Å². The van der Waals surface area contributed by atoms with Crippen LogP contribution in [0.2, 0.25) is 0 Å². The van der Waals surface area contributed by atoms with Crippen molar-refractivity contribution in [3.05, 3.63) is 68.6 Å². The number of aromatic nitrogens is 1. The maximum atomic E-state index is 13.2. The summed E-state index contributed by atoms with van der Waals surface area (Å²) in [6.07, 6.45) is -2.78. The molecule has 0 N–H and O–H groups in total. The van der Waals surface area contributed by atoms with Crippen LogP contribution in [0.5, 0.6) is 0 Å². The summed E-state index contributed by atoms with van der Waals surface area (Å²) in [5.41, 5.74) is 1.96. The van der Waals surface area contributed by atoms with E-state index in [9.17, 15) is 13.6 Å². The molecule has 1 amide bonds. The van der Waals surface area contributed by atoms with E-state index in [1.165, 1.54) is 4.90 Å². The van der Waals surface area contributed by atoms with E-state index in [1.807, 2.05) is 42.5 Å². The molecule has 0 atom stereocenters. The van der Waals surface area contributed by atoms with Crippen molar-refractivity contribution in [3.8, 4) is 11.1 Å². The normalized spacial score (nSPS) is 11.0. The third-order valence-electron chi connectivity index (χ3n) is 3.89. The lowest BCUT2D eigenvalue weighted by atomic mass is 10.0. The highest BCUT2D eigenvalue weighted by molar-refractivity contribution is 9.10. The summed E-state index contributed by atoms with van der Waals surface area (Å²) in [6.45, 7) is 1.61. The van der Waals surface area contributed by atoms with E-state index in [-0.39, 0.29) is 4.88 Å². The summed E-state index contributed by atoms with van der Waals surface area (Å²) in [5.74, 6) is -0.490. The van der Waals surface area contributed by atoms with E-state index in [0.717, 1.165) is 26.9 Å². The smallest absolute Gasteiger partial charge is 0.282 e. The van der Waals surface area contributed by atoms with Crippen molar-refractivity contribution in [1.82, 2.24) is 4.98 Å². The molecule has 0 spiro atoms. The first-order chi connectivity index (χ1) is 12.4. The summed E-state index contributed by atoms with van der Waals surface area (Å²) in [6, 6.07) is 15.1. The highest BCUT2D eigenvalue weighted by Crippen LogP contribution is 2.34. The minimum absolute atomic E-state index is 0.0226. The molecule has 0 aliphatic heterocycles. The van der Waals surface area contributed by atoms with Crippen LogP contribution in [0.4, 0.5) is 14.5 Å². The van der Waals surface area contributed by atoms with Gasteiger partial charge in [-0.2, -0.15) is 0 Å². The van der Waals surface area contributed by atoms with Crippen molar-refractivity contribution in [2.45, 2.75) is 13.3 Å². The molecule has 3 aromatic rings. The molecule has 0 saturated carbocycles. The van der Waals surface area contributed by atoms with Crippen molar-refractivity contribution >= 4 is 38.9 Å². The fourth-order valence-electron chi connectivity index (χ4n) is 2.65. The summed E-state index contributed by atoms with van der Waals surface area (Å²) < 4.78 is 27.4. The molecule has 2 aromatic carbocycles. The van der Waals surface area contributed by atoms with E-state index in [2.05, 4.69) is 20.9 Å². The second-order valence-electron chi connectivity index (χ2n) is 5.64. The van der Waals surface area contributed by atoms with Crippen LogP contribution in [-0.4, -0.2) is 17.9 Å². The molecular formula is C19H15BrF2N2OS. The van der Waals surface area contributed by atoms with Gasteiger partial charge in [0.2, 0.25) is 0 Å². The van der Waals surface area contributed by atoms with Gasteiger partial charge in [0.25, 0.3) is 12.3 Å². The molecule has 0 unspecified atom stereocenters. The number of nitrogens with zero attached hydrogens (tertiary/aromatic N) is 2. The maximum absolute atomic E-state index is 13.2. The molecule has 3 nitrogen and oxygen atoms in total. The Morgan fingerprint density at radius 2 is 1.81 bits per heavy atom. The standard InChI is InChI=1S/C19H15BrF2N2OS/c1-11-23-16(18(21)22)17(26-11)19(25)24(2)15-6-4-3-5-14(15)12-7-9-13(20)10-8-12/h3-10,18H,1-2H3. The predicted octanol–water partition coefficient (Wildman–Crippen LogP) is 6.10. The molecule has 3 rings (SSSR count). The van der Waals surface area contributed by atoms with Crippen molar-refractivity contribution in [2.75, 3.05) is 11.9 Å². The lowest BCUT2D eigenvalue weighted by Crippen LogP contribution is -2.27. The minimum Gasteiger partial charge on any atom is -0.310 e. The lowest BCUT2D eigenvalue weighted by molar-refractivity contribution is 0.0982. The number of carbonyl (C=O) groups excluding carboxylic acids is 1. The minimum atomic E-state index is -2.78. The molecule has 0 aliphatic carbocycles. The second-order valence-corrected chi connectivity index (χ2v) is 7.76. The second kappa shape index (κ2) is 7.63. The molecule has 0 bridgehead atoms. The number of para-hydroxylation sites is 1. The van der Waals surface area contributed by atoms with E-state index < -0.39 is 18.0 Å². The molecule has 0 aliphatic rings. The number of halogens is 3. The Bertz CT molecular complexity index is 941. The first kappa shape index (κ1) is 18.7. The molecule has 26 heavy (non-hydrogen) atoms. The first-order valence-electron chi connectivity index (χ1n) is 7.77. The van der Waals surface area contributed by atoms with Crippen molar-refractivity contribution in [3.63, 3.8) is 0 Å². The van der Waals surface area contributed by atoms with Gasteiger partial charge >= 0.3 is 0 Å². The molecule has 0 radical (unpaired) electrons. The van der Waals surface area contributed by atoms with Gasteiger partial charge in [0.05, 0.1) is 10.7 Å². The van der Waals surface area contributed by atoms with E-state index in [4.69, 9.17) is 0 Å². The third-order valence-corrected chi connectivity index (χ3v) is 5.39. The van der Waals surface area contributed by atoms with E-state index in [1.54, 1.807) is 20.0 Å². The van der Waals surface area contributed by atoms with Gasteiger partial charge in [-0.15, -0.1) is 11.3 Å². The number of hydrogen-bond acceptors (Lipinski definition) is 3. The van der Waals surface area contributed by atoms with Gasteiger partial charge in [-0.1, -0.05) is 46.3 Å². The number of rotatable bonds is 4. The highest BCUT2D eigenvalue weighted by Gasteiger charge is 2.27. The fourth-order valence-corrected chi connectivity index (χ4v) is 3.81. The van der Waals surface area contributed by atoms with Gasteiger partial charge < -0.3 is 4.90 Å². The SMILES string of the molecule is Cc1nc(C(F)F)c(C(=O)N(C)c2ccccc2-c2ccc(Br)cc2)s1. The van der Waals surface area contributed by atoms with Crippen molar-refractivity contribution in [1.29, 1.82) is 0 Å². The summed E-state index contributed by atoms with van der Waals surface area (Å²) in [7, 11) is 1.59. The van der Waals surface area contributed by atoms with E-state index >= 15 is 0 Å². The van der Waals surface area contributed by atoms with Crippen LogP contribution in [0.3, 0.4) is 0 Å². The van der Waals surface area contributed by atoms with Crippen LogP contribution in [-0.2, 0) is 0 Å². The van der Waals surface area contributed by atoms with Gasteiger partial charge in [-0.25, -0.2) is 13.8 Å². The first-order valence-corrected chi connectivity index (χ1v) is 9.38. The van der Waals surface area contributed by atoms with E-state index in [0.29, 0.717) is 10.7 Å². The van der Waals surface area contributed by atoms with Crippen molar-refractivity contribution < 1.29 is 13.6 Å². The Balaban J connectivity index is 2.02. The molecule has 1 heterocycles. The van der Waals surface area contributed by atoms with Gasteiger partial charge in [-0.05, 0) is 30.7 Å². The molecule has 134 valence electrons. The molecule has 0 fully saturated rings. The number of thiazole rings is 1. The number of hydrogen-bond donors (Lipinski definition) is 0. The summed E-state index contributed by atoms with van der Waals surface area (Å²) in [5, 5.41) is 0.443. The maximum Gasteiger partial charge on any atom is 0.282 e. The zero-order chi connectivity index (χ0) is 18.8. The van der Waals surface area contributed by atoms with Crippen molar-refractivity contribution in [2.24, 2.45) is 0 Å². The zero-order valence-electron chi connectivity index (χ0n) is 14.0. The zero-order valence-corrected chi connectivity index (χ0v) is 16.4. The number of alkyl halides is 2. The molecule has 7 heteroatoms. The molecule has 0 saturated heterocycles. The average Bonchev–Trinajstić information content (AvgIpc) is 3.03. The summed E-state index contributed by atoms with van der Waals surface area (Å²) in [4.78, 5) is 18.1. The predicted molar refractivity (Wildman–Crippen MR) is 104 cm³/mol. The lowest BCUT2D eigenvalue weighted by Gasteiger charge is -2.20. The van der Waals surface area contributed by atoms with Crippen LogP contribution >= 0.6 is 27.3 Å². The Hall–Kier alpha value is -2.12. The third kappa shape index (κ3) is 3.68. The molecule has 1 aromatic heterocycles.